The summed E-state index contributed by atoms with van der Waals surface area (Å²) in [5.74, 6) is -0.594. The zero-order valence-corrected chi connectivity index (χ0v) is 27.5. The second kappa shape index (κ2) is 13.3. The van der Waals surface area contributed by atoms with Crippen LogP contribution in [0.4, 0.5) is 10.6 Å². The Bertz CT molecular complexity index is 1640. The number of aliphatic hydroxyl groups is 2. The molecule has 4 aromatic rings. The zero-order chi connectivity index (χ0) is 32.4. The predicted octanol–water partition coefficient (Wildman–Crippen LogP) is 6.34. The fourth-order valence-electron chi connectivity index (χ4n) is 5.96. The number of carbonyl (C=O) groups is 1. The van der Waals surface area contributed by atoms with E-state index in [1.165, 1.54) is 25.0 Å². The number of nitrogens with two attached hydrogens (primary N) is 1. The Morgan fingerprint density at radius 3 is 2.56 bits per heavy atom. The number of thiazole rings is 1. The van der Waals surface area contributed by atoms with Crippen molar-refractivity contribution in [2.24, 2.45) is 5.92 Å². The van der Waals surface area contributed by atoms with Crippen LogP contribution in [0.3, 0.4) is 0 Å². The van der Waals surface area contributed by atoms with Crippen LogP contribution in [0.1, 0.15) is 77.6 Å². The molecule has 11 heteroatoms. The summed E-state index contributed by atoms with van der Waals surface area (Å²) in [6, 6.07) is 10.7. The molecular weight excluding hydrogens is 588 g/mol. The molecule has 0 spiro atoms. The van der Waals surface area contributed by atoms with Gasteiger partial charge in [-0.3, -0.25) is 0 Å². The molecule has 2 aliphatic rings. The van der Waals surface area contributed by atoms with Gasteiger partial charge in [0.25, 0.3) is 0 Å². The minimum absolute atomic E-state index is 0.226. The Hall–Kier alpha value is -3.80. The number of benzene rings is 1. The highest BCUT2D eigenvalue weighted by Gasteiger charge is 2.33. The molecule has 2 atom stereocenters. The zero-order valence-electron chi connectivity index (χ0n) is 26.7. The quantitative estimate of drug-likeness (QED) is 0.171. The second-order valence-corrected chi connectivity index (χ2v) is 14.2. The molecule has 1 aliphatic carbocycles. The van der Waals surface area contributed by atoms with E-state index >= 15 is 0 Å². The van der Waals surface area contributed by atoms with Crippen LogP contribution in [-0.2, 0) is 11.2 Å². The Morgan fingerprint density at radius 1 is 1.11 bits per heavy atom. The lowest BCUT2D eigenvalue weighted by atomic mass is 9.93. The SMILES string of the molecule is CC(C)(C)OC(=O)N1CCC=C(C2CCC(n3cc(-c4nc(Cc5ccccc5)cs4)c4c(N)ncnc43)C2)C1.CC(C)(O)O. The van der Waals surface area contributed by atoms with Crippen molar-refractivity contribution >= 4 is 34.3 Å². The summed E-state index contributed by atoms with van der Waals surface area (Å²) in [6.07, 6.45) is 10.6. The summed E-state index contributed by atoms with van der Waals surface area (Å²) in [4.78, 5) is 28.5. The smallest absolute Gasteiger partial charge is 0.410 e. The van der Waals surface area contributed by atoms with E-state index in [0.717, 1.165) is 59.4 Å². The third-order valence-corrected chi connectivity index (χ3v) is 8.73. The number of amides is 1. The van der Waals surface area contributed by atoms with E-state index in [1.54, 1.807) is 17.7 Å². The molecule has 0 bridgehead atoms. The first-order chi connectivity index (χ1) is 21.2. The maximum atomic E-state index is 12.7. The minimum atomic E-state index is -1.50. The maximum absolute atomic E-state index is 12.7. The Kier molecular flexibility index (Phi) is 9.62. The number of anilines is 1. The summed E-state index contributed by atoms with van der Waals surface area (Å²) >= 11 is 1.64. The van der Waals surface area contributed by atoms with Gasteiger partial charge in [0, 0.05) is 42.7 Å². The van der Waals surface area contributed by atoms with Crippen molar-refractivity contribution in [3.8, 4) is 10.6 Å². The summed E-state index contributed by atoms with van der Waals surface area (Å²) in [5.41, 5.74) is 11.4. The van der Waals surface area contributed by atoms with E-state index in [0.29, 0.717) is 24.8 Å². The molecule has 0 saturated heterocycles. The highest BCUT2D eigenvalue weighted by molar-refractivity contribution is 7.13. The van der Waals surface area contributed by atoms with Gasteiger partial charge >= 0.3 is 6.09 Å². The number of rotatable bonds is 5. The van der Waals surface area contributed by atoms with Crippen LogP contribution in [0.5, 0.6) is 0 Å². The molecule has 4 N–H and O–H groups in total. The highest BCUT2D eigenvalue weighted by Crippen LogP contribution is 2.44. The van der Waals surface area contributed by atoms with Crippen molar-refractivity contribution in [1.82, 2.24) is 24.4 Å². The van der Waals surface area contributed by atoms with Crippen LogP contribution in [0, 0.1) is 5.92 Å². The summed E-state index contributed by atoms with van der Waals surface area (Å²) in [6.45, 7) is 9.68. The monoisotopic (exact) mass is 632 g/mol. The van der Waals surface area contributed by atoms with Crippen LogP contribution in [-0.4, -0.2) is 65.2 Å². The van der Waals surface area contributed by atoms with Gasteiger partial charge in [-0.25, -0.2) is 19.7 Å². The van der Waals surface area contributed by atoms with Gasteiger partial charge in [0.15, 0.2) is 5.79 Å². The molecule has 3 aromatic heterocycles. The van der Waals surface area contributed by atoms with Crippen molar-refractivity contribution < 1.29 is 19.7 Å². The summed E-state index contributed by atoms with van der Waals surface area (Å²) in [7, 11) is 0. The average molecular weight is 633 g/mol. The minimum Gasteiger partial charge on any atom is -0.444 e. The third-order valence-electron chi connectivity index (χ3n) is 7.80. The van der Waals surface area contributed by atoms with Gasteiger partial charge in [-0.1, -0.05) is 42.0 Å². The van der Waals surface area contributed by atoms with Gasteiger partial charge < -0.3 is 30.2 Å². The number of nitrogen functional groups attached to an aromatic ring is 1. The molecular formula is C34H44N6O4S. The van der Waals surface area contributed by atoms with Crippen LogP contribution in [0.2, 0.25) is 0 Å². The van der Waals surface area contributed by atoms with Crippen LogP contribution in [0.25, 0.3) is 21.6 Å². The molecule has 6 rings (SSSR count). The Labute approximate surface area is 268 Å². The number of aromatic nitrogens is 4. The van der Waals surface area contributed by atoms with E-state index in [2.05, 4.69) is 56.5 Å². The molecule has 240 valence electrons. The van der Waals surface area contributed by atoms with Gasteiger partial charge in [0.2, 0.25) is 0 Å². The standard InChI is InChI=1S/C31H36N6O2S.C3H8O2/c1-31(2,3)39-30(38)36-13-7-10-22(16-36)21-11-12-24(15-21)37-17-25(26-27(32)33-19-34-28(26)37)29-35-23(18-40-29)14-20-8-5-4-6-9-20;1-3(2,4)5/h4-6,8-10,17-19,21,24H,7,11-16H2,1-3H3,(H2,32,33,34);4-5H,1-2H3. The summed E-state index contributed by atoms with van der Waals surface area (Å²) < 4.78 is 7.93. The van der Waals surface area contributed by atoms with E-state index < -0.39 is 11.4 Å². The first kappa shape index (κ1) is 32.6. The molecule has 45 heavy (non-hydrogen) atoms. The van der Waals surface area contributed by atoms with E-state index in [-0.39, 0.29) is 12.1 Å². The largest absolute Gasteiger partial charge is 0.444 e. The van der Waals surface area contributed by atoms with Crippen molar-refractivity contribution in [2.75, 3.05) is 18.8 Å². The van der Waals surface area contributed by atoms with Crippen LogP contribution < -0.4 is 5.73 Å². The molecule has 1 fully saturated rings. The lowest BCUT2D eigenvalue weighted by molar-refractivity contribution is -0.127. The number of hydrogen-bond donors (Lipinski definition) is 3. The number of ether oxygens (including phenoxy) is 1. The molecule has 1 amide bonds. The maximum Gasteiger partial charge on any atom is 0.410 e. The van der Waals surface area contributed by atoms with E-state index in [4.69, 9.17) is 25.7 Å². The lowest BCUT2D eigenvalue weighted by Gasteiger charge is -2.32. The molecule has 0 radical (unpaired) electrons. The normalized spacial score (nSPS) is 18.8. The van der Waals surface area contributed by atoms with Crippen LogP contribution >= 0.6 is 11.3 Å². The lowest BCUT2D eigenvalue weighted by Crippen LogP contribution is -2.40. The highest BCUT2D eigenvalue weighted by atomic mass is 32.1. The average Bonchev–Trinajstić information content (AvgIpc) is 3.71. The number of carbonyl (C=O) groups excluding carboxylic acids is 1. The second-order valence-electron chi connectivity index (χ2n) is 13.3. The van der Waals surface area contributed by atoms with Crippen molar-refractivity contribution in [3.63, 3.8) is 0 Å². The fourth-order valence-corrected chi connectivity index (χ4v) is 6.80. The fraction of sp³-hybridized carbons (Fsp3) is 0.471. The van der Waals surface area contributed by atoms with E-state index in [9.17, 15) is 4.79 Å². The van der Waals surface area contributed by atoms with Gasteiger partial charge in [0.05, 0.1) is 11.1 Å². The molecule has 4 heterocycles. The van der Waals surface area contributed by atoms with Crippen molar-refractivity contribution in [1.29, 1.82) is 0 Å². The van der Waals surface area contributed by atoms with Gasteiger partial charge in [0.1, 0.15) is 28.4 Å². The molecule has 1 saturated carbocycles. The number of fused-ring (bicyclic) bond motifs is 1. The summed E-state index contributed by atoms with van der Waals surface area (Å²) in [5, 5.41) is 20.1. The van der Waals surface area contributed by atoms with Crippen molar-refractivity contribution in [3.05, 3.63) is 71.1 Å². The topological polar surface area (TPSA) is 140 Å². The number of hydrogen-bond acceptors (Lipinski definition) is 9. The van der Waals surface area contributed by atoms with Crippen LogP contribution in [0.15, 0.2) is 59.9 Å². The first-order valence-electron chi connectivity index (χ1n) is 15.5. The Balaban J connectivity index is 0.000000743. The van der Waals surface area contributed by atoms with Crippen molar-refractivity contribution in [2.45, 2.75) is 84.2 Å². The Morgan fingerprint density at radius 2 is 1.84 bits per heavy atom. The molecule has 1 aromatic carbocycles. The number of nitrogens with zero attached hydrogens (tertiary/aromatic N) is 5. The molecule has 10 nitrogen and oxygen atoms in total. The van der Waals surface area contributed by atoms with Gasteiger partial charge in [-0.2, -0.15) is 0 Å². The van der Waals surface area contributed by atoms with Gasteiger partial charge in [-0.05, 0) is 71.8 Å². The first-order valence-corrected chi connectivity index (χ1v) is 16.3. The third kappa shape index (κ3) is 8.47. The molecule has 1 aliphatic heterocycles. The predicted molar refractivity (Wildman–Crippen MR) is 178 cm³/mol. The molecule has 2 unspecified atom stereocenters. The van der Waals surface area contributed by atoms with E-state index in [1.807, 2.05) is 31.7 Å². The van der Waals surface area contributed by atoms with Gasteiger partial charge in [-0.15, -0.1) is 11.3 Å².